The van der Waals surface area contributed by atoms with Crippen LogP contribution in [0.15, 0.2) is 349 Å². The van der Waals surface area contributed by atoms with E-state index in [1.807, 2.05) is 301 Å². The van der Waals surface area contributed by atoms with Gasteiger partial charge in [-0.1, -0.05) is 317 Å². The van der Waals surface area contributed by atoms with Crippen molar-refractivity contribution in [2.24, 2.45) is 0 Å². The summed E-state index contributed by atoms with van der Waals surface area (Å²) in [6, 6.07) is 113. The molecule has 0 spiro atoms. The maximum atomic E-state index is 6.26. The van der Waals surface area contributed by atoms with E-state index in [0.29, 0.717) is 11.5 Å². The Morgan fingerprint density at radius 3 is 0.777 bits per heavy atom. The van der Waals surface area contributed by atoms with E-state index < -0.39 is 36.6 Å². The van der Waals surface area contributed by atoms with Crippen LogP contribution >= 0.6 is 66.1 Å². The van der Waals surface area contributed by atoms with Gasteiger partial charge >= 0.3 is 14.2 Å². The highest BCUT2D eigenvalue weighted by Gasteiger charge is 2.54. The molecule has 0 N–H and O–H groups in total. The third-order valence-electron chi connectivity index (χ3n) is 19.5. The summed E-state index contributed by atoms with van der Waals surface area (Å²) in [4.78, 5) is 37.6. The van der Waals surface area contributed by atoms with Crippen LogP contribution in [0.2, 0.25) is 5.28 Å². The fraction of sp³-hybridized carbons (Fsp3) is 0.128. The molecule has 2 fully saturated rings. The van der Waals surface area contributed by atoms with Gasteiger partial charge in [0.15, 0.2) is 17.4 Å². The quantitative estimate of drug-likeness (QED) is 0.0653. The van der Waals surface area contributed by atoms with E-state index in [2.05, 4.69) is 159 Å². The van der Waals surface area contributed by atoms with Gasteiger partial charge in [-0.05, 0) is 150 Å². The van der Waals surface area contributed by atoms with Crippen LogP contribution in [0.4, 0.5) is 0 Å². The smallest absolute Gasteiger partial charge is 0.399 e. The van der Waals surface area contributed by atoms with Crippen LogP contribution in [-0.2, 0) is 18.6 Å². The topological polar surface area (TPSA) is 140 Å². The van der Waals surface area contributed by atoms with Gasteiger partial charge in [0.2, 0.25) is 5.28 Å². The van der Waals surface area contributed by atoms with Gasteiger partial charge in [-0.3, -0.25) is 0 Å². The monoisotopic (exact) mass is 1730 g/mol. The van der Waals surface area contributed by atoms with Crippen LogP contribution < -0.4 is 11.2 Å². The first kappa shape index (κ1) is 79.8. The zero-order chi connectivity index (χ0) is 78.2. The molecule has 11 aromatic carbocycles. The van der Waals surface area contributed by atoms with Crippen molar-refractivity contribution in [2.75, 3.05) is 0 Å². The van der Waals surface area contributed by atoms with Crippen LogP contribution in [-0.4, -0.2) is 76.5 Å². The molecule has 0 saturated carbocycles. The van der Waals surface area contributed by atoms with E-state index >= 15 is 0 Å². The van der Waals surface area contributed by atoms with Gasteiger partial charge in [0, 0.05) is 68.2 Å². The fourth-order valence-corrected chi connectivity index (χ4v) is 14.0. The lowest BCUT2D eigenvalue weighted by Crippen LogP contribution is -2.41. The first-order valence-electron chi connectivity index (χ1n) is 36.7. The van der Waals surface area contributed by atoms with E-state index in [0.717, 1.165) is 121 Å². The number of aromatic nitrogens is 8. The van der Waals surface area contributed by atoms with Gasteiger partial charge in [0.05, 0.1) is 68.0 Å². The Morgan fingerprint density at radius 2 is 0.500 bits per heavy atom. The number of hydrogen-bond acceptors (Lipinski definition) is 12. The summed E-state index contributed by atoms with van der Waals surface area (Å²) < 4.78 is 28.3. The average Bonchev–Trinajstić information content (AvgIpc) is 1.58. The van der Waals surface area contributed by atoms with E-state index in [1.54, 1.807) is 0 Å². The van der Waals surface area contributed by atoms with Crippen LogP contribution in [0.3, 0.4) is 0 Å². The van der Waals surface area contributed by atoms with Crippen LogP contribution in [0.1, 0.15) is 55.4 Å². The number of hydrogen-bond donors (Lipinski definition) is 0. The molecule has 12 nitrogen and oxygen atoms in total. The average molecular weight is 1730 g/mol. The molecule has 4 aromatic heterocycles. The summed E-state index contributed by atoms with van der Waals surface area (Å²) in [5, 5.41) is 0.264. The van der Waals surface area contributed by atoms with Crippen molar-refractivity contribution < 1.29 is 18.6 Å². The highest BCUT2D eigenvalue weighted by molar-refractivity contribution is 14.1. The Balaban J connectivity index is 0.000000128. The summed E-state index contributed by atoms with van der Waals surface area (Å²) in [5.41, 5.74) is 17.2. The Bertz CT molecular complexity index is 5350. The van der Waals surface area contributed by atoms with Crippen LogP contribution in [0.5, 0.6) is 0 Å². The molecule has 2 aliphatic heterocycles. The molecule has 0 bridgehead atoms. The molecule has 0 radical (unpaired) electrons. The summed E-state index contributed by atoms with van der Waals surface area (Å²) in [6.45, 7) is 16.4. The number of rotatable bonds is 12. The predicted octanol–water partition coefficient (Wildman–Crippen LogP) is 23.6. The molecule has 2 saturated heterocycles. The van der Waals surface area contributed by atoms with Crippen LogP contribution in [0.25, 0.3) is 113 Å². The molecular weight excluding hydrogens is 1650 g/mol. The van der Waals surface area contributed by atoms with Crippen molar-refractivity contribution in [3.63, 3.8) is 0 Å². The first-order valence-corrected chi connectivity index (χ1v) is 39.8. The van der Waals surface area contributed by atoms with Crippen molar-refractivity contribution in [2.45, 2.75) is 77.8 Å². The summed E-state index contributed by atoms with van der Waals surface area (Å²) in [5.74, 6) is 1.40. The Morgan fingerprint density at radius 1 is 0.259 bits per heavy atom. The molecule has 0 amide bonds. The fourth-order valence-electron chi connectivity index (χ4n) is 12.0. The van der Waals surface area contributed by atoms with E-state index in [-0.39, 0.29) is 5.28 Å². The van der Waals surface area contributed by atoms with Gasteiger partial charge in [-0.25, -0.2) is 39.9 Å². The lowest BCUT2D eigenvalue weighted by atomic mass is 9.78. The van der Waals surface area contributed by atoms with Gasteiger partial charge in [0.1, 0.15) is 0 Å². The van der Waals surface area contributed by atoms with Crippen molar-refractivity contribution in [1.82, 2.24) is 39.9 Å². The highest BCUT2D eigenvalue weighted by Crippen LogP contribution is 2.39. The molecule has 0 aliphatic carbocycles. The van der Waals surface area contributed by atoms with E-state index in [4.69, 9.17) is 60.1 Å². The lowest BCUT2D eigenvalue weighted by Gasteiger charge is -2.32. The molecule has 17 rings (SSSR count). The Hall–Kier alpha value is -10.3. The van der Waals surface area contributed by atoms with Gasteiger partial charge in [-0.15, -0.1) is 0 Å². The minimum Gasteiger partial charge on any atom is -0.399 e. The zero-order valence-electron chi connectivity index (χ0n) is 63.2. The van der Waals surface area contributed by atoms with E-state index in [9.17, 15) is 0 Å². The number of benzene rings is 11. The summed E-state index contributed by atoms with van der Waals surface area (Å²) in [7, 11) is -1.03. The third-order valence-corrected chi connectivity index (χ3v) is 21.3. The Kier molecular flexibility index (Phi) is 26.0. The third kappa shape index (κ3) is 20.5. The minimum absolute atomic E-state index is 0.264. The minimum atomic E-state index is -0.596. The maximum absolute atomic E-state index is 6.26. The second kappa shape index (κ2) is 36.4. The normalized spacial score (nSPS) is 14.0. The molecule has 0 atom stereocenters. The standard InChI is InChI=1S/C28H27BN2O2.C22H23BN2O2.C22H15BrN2.C16H11ClN2.C6H4BrI/c1-27(2)28(3,4)33-29(32-27)23-17-11-16-22(18-23)26-30-24(20-12-7-5-8-13-20)19-25(31-26)21-14-9-6-10-15-21;1-21(2)22(3,4)27-23(26-21)20-24-18(16-11-7-5-8-12-16)15-19(25-20)17-13-9-6-10-14-17;23-19-13-7-12-18(14-19)22-24-20(16-8-3-1-4-9-16)15-21(25-22)17-10-5-2-6-11-17;17-16-18-14(12-7-3-1-4-8-12)11-15(19-16)13-9-5-2-6-10-13;7-5-2-1-3-6(8)4-5/h5-19H,1-4H3;5-15H,1-4H3;1-15H;1-11H;1-4H. The van der Waals surface area contributed by atoms with Crippen LogP contribution in [0, 0.1) is 3.57 Å². The molecule has 18 heteroatoms. The van der Waals surface area contributed by atoms with E-state index in [1.165, 1.54) is 3.57 Å². The number of nitrogens with zero attached hydrogens (tertiary/aromatic N) is 8. The Labute approximate surface area is 692 Å². The summed E-state index contributed by atoms with van der Waals surface area (Å²) in [6.07, 6.45) is 0. The predicted molar refractivity (Wildman–Crippen MR) is 473 cm³/mol. The van der Waals surface area contributed by atoms with Gasteiger partial charge < -0.3 is 18.6 Å². The van der Waals surface area contributed by atoms with Gasteiger partial charge in [-0.2, -0.15) is 0 Å². The van der Waals surface area contributed by atoms with Crippen molar-refractivity contribution in [3.05, 3.63) is 358 Å². The van der Waals surface area contributed by atoms with Crippen molar-refractivity contribution in [1.29, 1.82) is 0 Å². The van der Waals surface area contributed by atoms with Gasteiger partial charge in [0.25, 0.3) is 0 Å². The summed E-state index contributed by atoms with van der Waals surface area (Å²) >= 11 is 15.2. The first-order chi connectivity index (χ1) is 54.1. The molecule has 0 unspecified atom stereocenters. The molecule has 6 heterocycles. The molecule has 15 aromatic rings. The maximum Gasteiger partial charge on any atom is 0.534 e. The lowest BCUT2D eigenvalue weighted by molar-refractivity contribution is 0.00578. The van der Waals surface area contributed by atoms with Crippen molar-refractivity contribution in [3.8, 4) is 113 Å². The second-order valence-corrected chi connectivity index (χ2v) is 31.9. The van der Waals surface area contributed by atoms with Crippen molar-refractivity contribution >= 4 is 91.5 Å². The number of halogens is 4. The molecular formula is C94H80B2Br2ClIN8O4. The largest absolute Gasteiger partial charge is 0.534 e. The molecule has 554 valence electrons. The second-order valence-electron chi connectivity index (χ2n) is 28.5. The highest BCUT2D eigenvalue weighted by atomic mass is 127. The molecule has 112 heavy (non-hydrogen) atoms. The zero-order valence-corrected chi connectivity index (χ0v) is 69.3. The SMILES string of the molecule is Brc1cccc(-c2nc(-c3ccccc3)cc(-c3ccccc3)n2)c1.Brc1cccc(I)c1.CC1(C)OB(c2cccc(-c3nc(-c4ccccc4)cc(-c4ccccc4)n3)c2)OC1(C)C.CC1(C)OB(c2nc(-c3ccccc3)cc(-c3ccccc3)n2)OC1(C)C.Clc1nc(-c2ccccc2)cc(-c2ccccc2)n1. The molecule has 2 aliphatic rings.